The highest BCUT2D eigenvalue weighted by atomic mass is 79.9. The minimum atomic E-state index is 0.577. The standard InChI is InChI=1S/C15H17BrN2O2/c1-3-20-15-9-11(5-6-12(15)17)18-13-8-10(16)4-7-14(13)19-2/h4-9,18H,3,17H2,1-2H3. The molecule has 0 unspecified atom stereocenters. The second-order valence-electron chi connectivity index (χ2n) is 4.16. The van der Waals surface area contributed by atoms with E-state index in [9.17, 15) is 0 Å². The van der Waals surface area contributed by atoms with Gasteiger partial charge in [0.2, 0.25) is 0 Å². The Morgan fingerprint density at radius 1 is 1.15 bits per heavy atom. The minimum absolute atomic E-state index is 0.577. The number of nitrogens with one attached hydrogen (secondary N) is 1. The second-order valence-corrected chi connectivity index (χ2v) is 5.07. The molecule has 0 bridgehead atoms. The molecule has 2 aromatic rings. The van der Waals surface area contributed by atoms with Gasteiger partial charge in [-0.2, -0.15) is 0 Å². The first kappa shape index (κ1) is 14.5. The van der Waals surface area contributed by atoms with Crippen LogP contribution in [-0.4, -0.2) is 13.7 Å². The lowest BCUT2D eigenvalue weighted by atomic mass is 10.2. The number of benzene rings is 2. The van der Waals surface area contributed by atoms with Crippen molar-refractivity contribution in [2.45, 2.75) is 6.92 Å². The van der Waals surface area contributed by atoms with Crippen LogP contribution in [0.15, 0.2) is 40.9 Å². The molecule has 0 atom stereocenters. The Bertz CT molecular complexity index is 602. The van der Waals surface area contributed by atoms with Crippen LogP contribution in [0.5, 0.6) is 11.5 Å². The minimum Gasteiger partial charge on any atom is -0.495 e. The molecule has 0 spiro atoms. The molecule has 5 heteroatoms. The molecule has 0 aliphatic rings. The molecule has 0 aromatic heterocycles. The smallest absolute Gasteiger partial charge is 0.144 e. The summed E-state index contributed by atoms with van der Waals surface area (Å²) in [5.74, 6) is 1.44. The molecule has 3 N–H and O–H groups in total. The van der Waals surface area contributed by atoms with Crippen LogP contribution in [-0.2, 0) is 0 Å². The lowest BCUT2D eigenvalue weighted by Crippen LogP contribution is -1.99. The van der Waals surface area contributed by atoms with Crippen molar-refractivity contribution in [1.82, 2.24) is 0 Å². The van der Waals surface area contributed by atoms with Crippen LogP contribution in [0.3, 0.4) is 0 Å². The predicted octanol–water partition coefficient (Wildman–Crippen LogP) is 4.18. The highest BCUT2D eigenvalue weighted by Gasteiger charge is 2.06. The lowest BCUT2D eigenvalue weighted by molar-refractivity contribution is 0.342. The number of halogens is 1. The molecule has 4 nitrogen and oxygen atoms in total. The molecule has 0 saturated heterocycles. The van der Waals surface area contributed by atoms with Crippen LogP contribution in [0.1, 0.15) is 6.92 Å². The van der Waals surface area contributed by atoms with E-state index in [-0.39, 0.29) is 0 Å². The maximum Gasteiger partial charge on any atom is 0.144 e. The maximum absolute atomic E-state index is 5.86. The zero-order valence-corrected chi connectivity index (χ0v) is 13.0. The molecule has 0 fully saturated rings. The van der Waals surface area contributed by atoms with E-state index in [1.807, 2.05) is 43.3 Å². The van der Waals surface area contributed by atoms with Gasteiger partial charge in [0.1, 0.15) is 11.5 Å². The van der Waals surface area contributed by atoms with Crippen LogP contribution in [0.4, 0.5) is 17.1 Å². The first-order chi connectivity index (χ1) is 9.63. The normalized spacial score (nSPS) is 10.2. The Kier molecular flexibility index (Phi) is 4.74. The fourth-order valence-electron chi connectivity index (χ4n) is 1.83. The first-order valence-electron chi connectivity index (χ1n) is 6.27. The summed E-state index contributed by atoms with van der Waals surface area (Å²) in [5, 5.41) is 3.30. The molecular weight excluding hydrogens is 320 g/mol. The van der Waals surface area contributed by atoms with Crippen LogP contribution in [0.25, 0.3) is 0 Å². The molecule has 2 rings (SSSR count). The van der Waals surface area contributed by atoms with E-state index >= 15 is 0 Å². The summed E-state index contributed by atoms with van der Waals surface area (Å²) in [4.78, 5) is 0. The molecular formula is C15H17BrN2O2. The van der Waals surface area contributed by atoms with Gasteiger partial charge in [0.05, 0.1) is 25.1 Å². The maximum atomic E-state index is 5.86. The van der Waals surface area contributed by atoms with Crippen LogP contribution < -0.4 is 20.5 Å². The van der Waals surface area contributed by atoms with Crippen molar-refractivity contribution in [3.05, 3.63) is 40.9 Å². The van der Waals surface area contributed by atoms with Gasteiger partial charge in [-0.15, -0.1) is 0 Å². The quantitative estimate of drug-likeness (QED) is 0.804. The third-order valence-corrected chi connectivity index (χ3v) is 3.25. The molecule has 0 radical (unpaired) electrons. The molecule has 2 aromatic carbocycles. The molecule has 0 heterocycles. The summed E-state index contributed by atoms with van der Waals surface area (Å²) in [6.45, 7) is 2.50. The lowest BCUT2D eigenvalue weighted by Gasteiger charge is -2.13. The Balaban J connectivity index is 2.30. The van der Waals surface area contributed by atoms with Crippen molar-refractivity contribution in [3.63, 3.8) is 0 Å². The third kappa shape index (κ3) is 3.36. The number of methoxy groups -OCH3 is 1. The molecule has 0 aliphatic heterocycles. The van der Waals surface area contributed by atoms with Gasteiger partial charge in [0.15, 0.2) is 0 Å². The number of hydrogen-bond acceptors (Lipinski definition) is 4. The summed E-state index contributed by atoms with van der Waals surface area (Å²) in [6, 6.07) is 11.4. The van der Waals surface area contributed by atoms with Crippen LogP contribution in [0.2, 0.25) is 0 Å². The molecule has 20 heavy (non-hydrogen) atoms. The third-order valence-electron chi connectivity index (χ3n) is 2.75. The van der Waals surface area contributed by atoms with Crippen molar-refractivity contribution in [2.75, 3.05) is 24.8 Å². The predicted molar refractivity (Wildman–Crippen MR) is 86.0 cm³/mol. The Morgan fingerprint density at radius 3 is 2.65 bits per heavy atom. The monoisotopic (exact) mass is 336 g/mol. The Morgan fingerprint density at radius 2 is 1.95 bits per heavy atom. The van der Waals surface area contributed by atoms with Crippen molar-refractivity contribution in [1.29, 1.82) is 0 Å². The zero-order valence-electron chi connectivity index (χ0n) is 11.4. The molecule has 0 amide bonds. The van der Waals surface area contributed by atoms with Gasteiger partial charge < -0.3 is 20.5 Å². The number of rotatable bonds is 5. The summed E-state index contributed by atoms with van der Waals surface area (Å²) in [6.07, 6.45) is 0. The Labute approximate surface area is 127 Å². The van der Waals surface area contributed by atoms with Gasteiger partial charge in [-0.3, -0.25) is 0 Å². The van der Waals surface area contributed by atoms with E-state index in [2.05, 4.69) is 21.2 Å². The van der Waals surface area contributed by atoms with Gasteiger partial charge in [-0.05, 0) is 37.3 Å². The average Bonchev–Trinajstić information content (AvgIpc) is 2.43. The van der Waals surface area contributed by atoms with E-state index in [0.29, 0.717) is 18.0 Å². The van der Waals surface area contributed by atoms with Gasteiger partial charge in [-0.25, -0.2) is 0 Å². The largest absolute Gasteiger partial charge is 0.495 e. The number of ether oxygens (including phenoxy) is 2. The van der Waals surface area contributed by atoms with E-state index < -0.39 is 0 Å². The van der Waals surface area contributed by atoms with Crippen molar-refractivity contribution in [3.8, 4) is 11.5 Å². The van der Waals surface area contributed by atoms with E-state index in [4.69, 9.17) is 15.2 Å². The van der Waals surface area contributed by atoms with Crippen molar-refractivity contribution < 1.29 is 9.47 Å². The topological polar surface area (TPSA) is 56.5 Å². The van der Waals surface area contributed by atoms with E-state index in [1.165, 1.54) is 0 Å². The summed E-state index contributed by atoms with van der Waals surface area (Å²) in [5.41, 5.74) is 8.25. The Hall–Kier alpha value is -1.88. The van der Waals surface area contributed by atoms with Crippen LogP contribution in [0, 0.1) is 0 Å². The fraction of sp³-hybridized carbons (Fsp3) is 0.200. The second kappa shape index (κ2) is 6.52. The van der Waals surface area contributed by atoms with Crippen molar-refractivity contribution >= 4 is 33.0 Å². The zero-order chi connectivity index (χ0) is 14.5. The van der Waals surface area contributed by atoms with Gasteiger partial charge in [0, 0.05) is 16.2 Å². The SMILES string of the molecule is CCOc1cc(Nc2cc(Br)ccc2OC)ccc1N. The summed E-state index contributed by atoms with van der Waals surface area (Å²) in [7, 11) is 1.64. The fourth-order valence-corrected chi connectivity index (χ4v) is 2.19. The summed E-state index contributed by atoms with van der Waals surface area (Å²) < 4.78 is 11.8. The van der Waals surface area contributed by atoms with Gasteiger partial charge >= 0.3 is 0 Å². The van der Waals surface area contributed by atoms with Crippen molar-refractivity contribution in [2.24, 2.45) is 0 Å². The number of anilines is 3. The molecule has 0 aliphatic carbocycles. The highest BCUT2D eigenvalue weighted by Crippen LogP contribution is 2.33. The van der Waals surface area contributed by atoms with Gasteiger partial charge in [-0.1, -0.05) is 15.9 Å². The molecule has 106 valence electrons. The highest BCUT2D eigenvalue weighted by molar-refractivity contribution is 9.10. The summed E-state index contributed by atoms with van der Waals surface area (Å²) >= 11 is 3.45. The molecule has 0 saturated carbocycles. The van der Waals surface area contributed by atoms with Gasteiger partial charge in [0.25, 0.3) is 0 Å². The van der Waals surface area contributed by atoms with E-state index in [0.717, 1.165) is 21.6 Å². The van der Waals surface area contributed by atoms with E-state index in [1.54, 1.807) is 7.11 Å². The number of nitrogens with two attached hydrogens (primary N) is 1. The average molecular weight is 337 g/mol. The number of nitrogen functional groups attached to an aromatic ring is 1. The number of hydrogen-bond donors (Lipinski definition) is 2. The van der Waals surface area contributed by atoms with Crippen LogP contribution >= 0.6 is 15.9 Å². The first-order valence-corrected chi connectivity index (χ1v) is 7.06.